The molecule has 10 N–H and O–H groups in total. The van der Waals surface area contributed by atoms with Crippen LogP contribution in [0.1, 0.15) is 58.0 Å². The third kappa shape index (κ3) is 65.0. The van der Waals surface area contributed by atoms with Gasteiger partial charge in [0, 0.05) is 84.6 Å². The average molecular weight is 2150 g/mol. The fourth-order valence-corrected chi connectivity index (χ4v) is 6.54. The largest absolute Gasteiger partial charge is 0.329 e. The van der Waals surface area contributed by atoms with Crippen LogP contribution in [-0.2, 0) is 84.6 Å². The molecule has 0 atom stereocenters. The van der Waals surface area contributed by atoms with Crippen molar-refractivity contribution >= 4 is 0 Å². The molecule has 0 aliphatic heterocycles. The highest BCUT2D eigenvalue weighted by Crippen LogP contribution is 1.99. The molecule has 84 heteroatoms. The Hall–Kier alpha value is -20.2. The van der Waals surface area contributed by atoms with Crippen molar-refractivity contribution in [1.82, 2.24) is 330 Å². The lowest BCUT2D eigenvalue weighted by molar-refractivity contribution is 0.444. The van der Waals surface area contributed by atoms with E-state index in [1.54, 1.807) is 103 Å². The standard InChI is InChI=1S/4C3H3F2N3.10C3H4FN3.8C3H5N3/c2*1-8-3(5)6-2(4)7-8;1-8-3(5)2(4)6-7-8;1-8-6-2(4)3(5)7-8;2*1-7-2-5-3(4)6-7;2*1-7-3(4)5-2-6-7;1-7-5-2-3(4)6-7;4*1-2-5-3(4)7-6-2;1-2-3(4)6-7-5-2;2*1-6-3-4-2-5-6;1-6-4-2-3-5-6;4*1-3-4-2-5-6-3;1-3-2-4-6-5-3/h4*1H3;5*2H,1H3;5*1H3,(H,5,6,7);3*2-3H,1H3;5*2H,1H3,(H,4,5,6). The first-order valence-electron chi connectivity index (χ1n) is 39.5. The molecule has 22 aromatic rings. The van der Waals surface area contributed by atoms with Crippen molar-refractivity contribution in [3.8, 4) is 0 Å². The topological polar surface area (TPSA) is 784 Å². The minimum atomic E-state index is -1.16. The van der Waals surface area contributed by atoms with Crippen LogP contribution >= 0.6 is 0 Å². The van der Waals surface area contributed by atoms with Gasteiger partial charge in [0.1, 0.15) is 134 Å². The zero-order valence-corrected chi connectivity index (χ0v) is 82.1. The van der Waals surface area contributed by atoms with Crippen LogP contribution in [0.4, 0.5) is 79.0 Å². The van der Waals surface area contributed by atoms with Gasteiger partial charge in [-0.15, -0.1) is 61.2 Å². The molecule has 150 heavy (non-hydrogen) atoms. The number of aromatic amines is 10. The summed E-state index contributed by atoms with van der Waals surface area (Å²) in [4.78, 5) is 57.2. The number of nitrogens with one attached hydrogen (secondary N) is 10. The van der Waals surface area contributed by atoms with Crippen molar-refractivity contribution in [2.24, 2.45) is 84.6 Å². The van der Waals surface area contributed by atoms with Gasteiger partial charge in [-0.1, -0.05) is 10.3 Å². The molecule has 812 valence electrons. The first-order chi connectivity index (χ1) is 70.9. The van der Waals surface area contributed by atoms with E-state index in [0.717, 1.165) is 80.8 Å². The van der Waals surface area contributed by atoms with Crippen LogP contribution in [0.25, 0.3) is 0 Å². The van der Waals surface area contributed by atoms with Gasteiger partial charge < -0.3 is 0 Å². The van der Waals surface area contributed by atoms with Crippen LogP contribution in [-0.4, -0.2) is 330 Å². The molecule has 22 rings (SSSR count). The van der Waals surface area contributed by atoms with Gasteiger partial charge >= 0.3 is 72.9 Å². The van der Waals surface area contributed by atoms with E-state index in [-0.39, 0.29) is 0 Å². The van der Waals surface area contributed by atoms with Crippen LogP contribution in [0.15, 0.2) is 101 Å². The highest BCUT2D eigenvalue weighted by molar-refractivity contribution is 4.88. The van der Waals surface area contributed by atoms with Crippen LogP contribution in [0, 0.1) is 178 Å². The molecule has 0 saturated carbocycles. The van der Waals surface area contributed by atoms with E-state index in [9.17, 15) is 79.0 Å². The monoisotopic (exact) mass is 2150 g/mol. The second-order valence-corrected chi connectivity index (χ2v) is 25.5. The minimum absolute atomic E-state index is 0.306. The van der Waals surface area contributed by atoms with E-state index in [0.29, 0.717) is 29.0 Å². The summed E-state index contributed by atoms with van der Waals surface area (Å²) in [5.41, 5.74) is 1.23. The summed E-state index contributed by atoms with van der Waals surface area (Å²) in [5, 5.41) is 118. The predicted molar refractivity (Wildman–Crippen MR) is 462 cm³/mol. The maximum absolute atomic E-state index is 12.0. The van der Waals surface area contributed by atoms with Gasteiger partial charge in [0.15, 0.2) is 0 Å². The predicted octanol–water partition coefficient (Wildman–Crippen LogP) is 1.42. The van der Waals surface area contributed by atoms with Gasteiger partial charge in [0.2, 0.25) is 0 Å². The number of rotatable bonds is 0. The third-order valence-corrected chi connectivity index (χ3v) is 13.0. The van der Waals surface area contributed by atoms with E-state index < -0.39 is 109 Å². The van der Waals surface area contributed by atoms with E-state index in [1.165, 1.54) is 107 Å². The maximum atomic E-state index is 12.0. The summed E-state index contributed by atoms with van der Waals surface area (Å²) in [6, 6.07) is 0. The molecule has 0 aliphatic rings. The lowest BCUT2D eigenvalue weighted by Gasteiger charge is -1.81. The van der Waals surface area contributed by atoms with Crippen molar-refractivity contribution in [2.45, 2.75) is 69.2 Å². The molecule has 0 amide bonds. The summed E-state index contributed by atoms with van der Waals surface area (Å²) in [6.07, 6.45) is 14.0. The number of halogens is 18. The molecule has 66 nitrogen and oxygen atoms in total. The van der Waals surface area contributed by atoms with Gasteiger partial charge in [0.25, 0.3) is 35.7 Å². The Morgan fingerprint density at radius 1 is 0.240 bits per heavy atom. The molecular weight excluding hydrogens is 2060 g/mol. The number of hydrogen-bond acceptors (Lipinski definition) is 44. The summed E-state index contributed by atoms with van der Waals surface area (Å²) in [6.45, 7) is 17.4. The van der Waals surface area contributed by atoms with E-state index in [4.69, 9.17) is 0 Å². The van der Waals surface area contributed by atoms with E-state index in [2.05, 4.69) is 274 Å². The first kappa shape index (κ1) is 128. The second-order valence-electron chi connectivity index (χ2n) is 25.5. The van der Waals surface area contributed by atoms with Crippen LogP contribution in [0.5, 0.6) is 0 Å². The Kier molecular flexibility index (Phi) is 62.2. The van der Waals surface area contributed by atoms with Crippen molar-refractivity contribution in [1.29, 1.82) is 0 Å². The lowest BCUT2D eigenvalue weighted by Crippen LogP contribution is -1.93. The Bertz CT molecular complexity index is 5690. The molecule has 0 radical (unpaired) electrons. The smallest absolute Gasteiger partial charge is 0.264 e. The van der Waals surface area contributed by atoms with Crippen LogP contribution in [0.2, 0.25) is 0 Å². The summed E-state index contributed by atoms with van der Waals surface area (Å²) >= 11 is 0. The van der Waals surface area contributed by atoms with E-state index in [1.807, 2.05) is 48.7 Å². The maximum Gasteiger partial charge on any atom is 0.329 e. The summed E-state index contributed by atoms with van der Waals surface area (Å²) in [7, 11) is 18.3. The highest BCUT2D eigenvalue weighted by Gasteiger charge is 2.08. The van der Waals surface area contributed by atoms with Gasteiger partial charge in [-0.05, 0) is 69.2 Å². The van der Waals surface area contributed by atoms with Gasteiger partial charge in [-0.25, -0.2) is 53.3 Å². The molecule has 0 spiro atoms. The zero-order chi connectivity index (χ0) is 113. The lowest BCUT2D eigenvalue weighted by atomic mass is 10.6. The molecule has 0 aliphatic carbocycles. The number of H-pyrrole nitrogens is 10. The number of aromatic nitrogens is 66. The fraction of sp³-hybridized carbons (Fsp3) is 0.333. The summed E-state index contributed by atoms with van der Waals surface area (Å²) < 4.78 is 222. The molecule has 0 fully saturated rings. The zero-order valence-electron chi connectivity index (χ0n) is 82.1. The molecule has 0 saturated heterocycles. The number of aryl methyl sites for hydroxylation is 22. The van der Waals surface area contributed by atoms with Gasteiger partial charge in [-0.3, -0.25) is 59.5 Å². The fourth-order valence-electron chi connectivity index (χ4n) is 6.54. The highest BCUT2D eigenvalue weighted by atomic mass is 19.2. The molecule has 0 unspecified atom stereocenters. The normalized spacial score (nSPS) is 9.33. The molecule has 0 bridgehead atoms. The molecular formula is C66H92F18N66. The third-order valence-electron chi connectivity index (χ3n) is 13.0. The van der Waals surface area contributed by atoms with Crippen LogP contribution < -0.4 is 0 Å². The molecule has 22 heterocycles. The Balaban J connectivity index is 0.000000786. The van der Waals surface area contributed by atoms with Crippen molar-refractivity contribution in [3.63, 3.8) is 0 Å². The number of hydrogen-bond donors (Lipinski definition) is 10. The van der Waals surface area contributed by atoms with Crippen LogP contribution in [0.3, 0.4) is 0 Å². The van der Waals surface area contributed by atoms with Crippen molar-refractivity contribution in [2.75, 3.05) is 0 Å². The van der Waals surface area contributed by atoms with Gasteiger partial charge in [-0.2, -0.15) is 225 Å². The Morgan fingerprint density at radius 2 is 0.613 bits per heavy atom. The average Bonchev–Trinajstić information content (AvgIpc) is 1.78. The Labute approximate surface area is 828 Å². The Morgan fingerprint density at radius 3 is 0.693 bits per heavy atom. The molecule has 22 aromatic heterocycles. The molecule has 0 aromatic carbocycles. The number of nitrogens with zero attached hydrogens (tertiary/aromatic N) is 56. The first-order valence-corrected chi connectivity index (χ1v) is 39.5. The SMILES string of the molecule is Cc1cn[nH]n1.Cc1n[nH]nc1F.Cc1nc(F)n[nH]1.Cc1nc(F)n[nH]1.Cc1nc(F)n[nH]1.Cc1nc(F)n[nH]1.Cc1ncn[nH]1.Cc1ncn[nH]1.Cc1ncn[nH]1.Cc1ncn[nH]1.Cn1cnc(F)n1.Cn1cnc(F)n1.Cn1cncn1.Cn1cncn1.Cn1nc(F)c(F)n1.Cn1nc(F)nc1F.Cn1nc(F)nc1F.Cn1ncc(F)n1.Cn1nccn1.Cn1ncnc1F.Cn1ncnc1F.Cn1nnc(F)c1F. The van der Waals surface area contributed by atoms with Crippen molar-refractivity contribution in [3.05, 3.63) is 267 Å². The second kappa shape index (κ2) is 73.0. The minimum Gasteiger partial charge on any atom is -0.264 e. The van der Waals surface area contributed by atoms with E-state index >= 15 is 0 Å². The summed E-state index contributed by atoms with van der Waals surface area (Å²) in [5.74, 6) is -0.167. The van der Waals surface area contributed by atoms with Gasteiger partial charge in [0.05, 0.1) is 24.3 Å². The quantitative estimate of drug-likeness (QED) is 0.0960. The van der Waals surface area contributed by atoms with Crippen molar-refractivity contribution < 1.29 is 79.0 Å².